The second-order valence-electron chi connectivity index (χ2n) is 7.84. The normalized spacial score (nSPS) is 13.6. The van der Waals surface area contributed by atoms with E-state index in [1.54, 1.807) is 61.5 Å². The average molecular weight is 447 g/mol. The van der Waals surface area contributed by atoms with E-state index < -0.39 is 5.91 Å². The Morgan fingerprint density at radius 2 is 1.79 bits per heavy atom. The number of primary amides is 1. The molecule has 0 saturated carbocycles. The van der Waals surface area contributed by atoms with Gasteiger partial charge in [-0.05, 0) is 42.8 Å². The first-order valence-corrected chi connectivity index (χ1v) is 10.6. The number of carbonyl (C=O) groups is 2. The summed E-state index contributed by atoms with van der Waals surface area (Å²) in [5.41, 5.74) is 8.67. The van der Waals surface area contributed by atoms with Crippen molar-refractivity contribution in [2.24, 2.45) is 12.8 Å². The third-order valence-corrected chi connectivity index (χ3v) is 5.64. The van der Waals surface area contributed by atoms with E-state index in [0.29, 0.717) is 59.9 Å². The number of nitrogens with one attached hydrogen (secondary N) is 1. The number of amides is 2. The summed E-state index contributed by atoms with van der Waals surface area (Å²) in [7, 11) is 1.63. The van der Waals surface area contributed by atoms with E-state index in [1.165, 1.54) is 4.57 Å². The number of hydrogen-bond acceptors (Lipinski definition) is 6. The zero-order valence-electron chi connectivity index (χ0n) is 18.5. The molecule has 4 rings (SSSR count). The van der Waals surface area contributed by atoms with Gasteiger partial charge in [0.15, 0.2) is 5.82 Å². The van der Waals surface area contributed by atoms with Gasteiger partial charge in [0.1, 0.15) is 0 Å². The molecule has 2 aromatic carbocycles. The van der Waals surface area contributed by atoms with Gasteiger partial charge in [-0.3, -0.25) is 14.4 Å². The monoisotopic (exact) mass is 447 g/mol. The van der Waals surface area contributed by atoms with Crippen LogP contribution in [0.15, 0.2) is 53.5 Å². The van der Waals surface area contributed by atoms with Crippen LogP contribution in [0.5, 0.6) is 0 Å². The number of ether oxygens (including phenoxy) is 1. The van der Waals surface area contributed by atoms with Crippen molar-refractivity contribution in [2.75, 3.05) is 31.6 Å². The molecule has 1 fully saturated rings. The fourth-order valence-corrected chi connectivity index (χ4v) is 3.78. The smallest absolute Gasteiger partial charge is 0.293 e. The highest BCUT2D eigenvalue weighted by molar-refractivity contribution is 5.96. The molecule has 0 radical (unpaired) electrons. The maximum absolute atomic E-state index is 12.7. The number of carbonyl (C=O) groups excluding carboxylic acids is 2. The fraction of sp³-hybridized carbons (Fsp3) is 0.250. The SMILES string of the molecule is Cc1c(C(N)=O)cccc1-c1cn(C)c(=O)c(Nc2ccc(C(=O)N3CCOCC3)cc2)n1. The van der Waals surface area contributed by atoms with Crippen LogP contribution in [-0.4, -0.2) is 52.6 Å². The number of aryl methyl sites for hydroxylation is 1. The molecule has 170 valence electrons. The van der Waals surface area contributed by atoms with Crippen molar-refractivity contribution in [3.8, 4) is 11.3 Å². The van der Waals surface area contributed by atoms with Crippen LogP contribution >= 0.6 is 0 Å². The van der Waals surface area contributed by atoms with E-state index in [0.717, 1.165) is 0 Å². The Labute approximate surface area is 190 Å². The summed E-state index contributed by atoms with van der Waals surface area (Å²) >= 11 is 0. The molecule has 1 aliphatic rings. The molecule has 1 saturated heterocycles. The lowest BCUT2D eigenvalue weighted by atomic mass is 10.00. The molecule has 1 aromatic heterocycles. The first-order chi connectivity index (χ1) is 15.8. The molecule has 0 spiro atoms. The van der Waals surface area contributed by atoms with Crippen LogP contribution in [0.2, 0.25) is 0 Å². The second kappa shape index (κ2) is 9.25. The lowest BCUT2D eigenvalue weighted by Crippen LogP contribution is -2.40. The highest BCUT2D eigenvalue weighted by Crippen LogP contribution is 2.25. The van der Waals surface area contributed by atoms with Crippen molar-refractivity contribution in [2.45, 2.75) is 6.92 Å². The van der Waals surface area contributed by atoms with Gasteiger partial charge >= 0.3 is 0 Å². The quantitative estimate of drug-likeness (QED) is 0.618. The molecule has 0 bridgehead atoms. The highest BCUT2D eigenvalue weighted by Gasteiger charge is 2.19. The van der Waals surface area contributed by atoms with Crippen molar-refractivity contribution in [1.82, 2.24) is 14.5 Å². The molecular weight excluding hydrogens is 422 g/mol. The van der Waals surface area contributed by atoms with Crippen molar-refractivity contribution < 1.29 is 14.3 Å². The Balaban J connectivity index is 1.61. The molecule has 0 unspecified atom stereocenters. The Hall–Kier alpha value is -3.98. The molecule has 1 aliphatic heterocycles. The number of anilines is 2. The van der Waals surface area contributed by atoms with Crippen LogP contribution in [0.3, 0.4) is 0 Å². The summed E-state index contributed by atoms with van der Waals surface area (Å²) in [6.45, 7) is 4.01. The van der Waals surface area contributed by atoms with E-state index >= 15 is 0 Å². The maximum Gasteiger partial charge on any atom is 0.293 e. The molecule has 3 aromatic rings. The van der Waals surface area contributed by atoms with Gasteiger partial charge < -0.3 is 25.3 Å². The van der Waals surface area contributed by atoms with E-state index in [9.17, 15) is 14.4 Å². The molecule has 0 aliphatic carbocycles. The zero-order valence-corrected chi connectivity index (χ0v) is 18.5. The molecule has 9 nitrogen and oxygen atoms in total. The number of benzene rings is 2. The summed E-state index contributed by atoms with van der Waals surface area (Å²) < 4.78 is 6.72. The molecular formula is C24H25N5O4. The van der Waals surface area contributed by atoms with Gasteiger partial charge in [-0.2, -0.15) is 0 Å². The minimum Gasteiger partial charge on any atom is -0.378 e. The van der Waals surface area contributed by atoms with Crippen LogP contribution in [0.1, 0.15) is 26.3 Å². The van der Waals surface area contributed by atoms with Crippen LogP contribution < -0.4 is 16.6 Å². The average Bonchev–Trinajstić information content (AvgIpc) is 2.82. The van der Waals surface area contributed by atoms with Gasteiger partial charge in [0.25, 0.3) is 11.5 Å². The second-order valence-corrected chi connectivity index (χ2v) is 7.84. The Kier molecular flexibility index (Phi) is 6.23. The zero-order chi connectivity index (χ0) is 23.5. The lowest BCUT2D eigenvalue weighted by molar-refractivity contribution is 0.0303. The van der Waals surface area contributed by atoms with E-state index in [1.807, 2.05) is 6.07 Å². The van der Waals surface area contributed by atoms with E-state index in [2.05, 4.69) is 10.3 Å². The minimum absolute atomic E-state index is 0.0503. The summed E-state index contributed by atoms with van der Waals surface area (Å²) in [6.07, 6.45) is 1.62. The summed E-state index contributed by atoms with van der Waals surface area (Å²) in [4.78, 5) is 43.3. The van der Waals surface area contributed by atoms with Crippen LogP contribution in [0.25, 0.3) is 11.3 Å². The Morgan fingerprint density at radius 3 is 2.45 bits per heavy atom. The van der Waals surface area contributed by atoms with E-state index in [4.69, 9.17) is 10.5 Å². The maximum atomic E-state index is 12.7. The number of aromatic nitrogens is 2. The molecule has 9 heteroatoms. The molecule has 2 heterocycles. The van der Waals surface area contributed by atoms with Gasteiger partial charge in [0.05, 0.1) is 18.9 Å². The molecule has 33 heavy (non-hydrogen) atoms. The molecule has 0 atom stereocenters. The van der Waals surface area contributed by atoms with Crippen molar-refractivity contribution >= 4 is 23.3 Å². The van der Waals surface area contributed by atoms with Crippen molar-refractivity contribution in [3.63, 3.8) is 0 Å². The minimum atomic E-state index is -0.524. The Morgan fingerprint density at radius 1 is 1.09 bits per heavy atom. The van der Waals surface area contributed by atoms with Crippen LogP contribution in [-0.2, 0) is 11.8 Å². The summed E-state index contributed by atoms with van der Waals surface area (Å²) in [5, 5.41) is 3.04. The van der Waals surface area contributed by atoms with Crippen molar-refractivity contribution in [1.29, 1.82) is 0 Å². The van der Waals surface area contributed by atoms with Gasteiger partial charge in [0, 0.05) is 48.7 Å². The van der Waals surface area contributed by atoms with Gasteiger partial charge in [-0.25, -0.2) is 4.98 Å². The lowest BCUT2D eigenvalue weighted by Gasteiger charge is -2.26. The molecule has 2 amide bonds. The first kappa shape index (κ1) is 22.2. The predicted molar refractivity (Wildman–Crippen MR) is 125 cm³/mol. The van der Waals surface area contributed by atoms with Gasteiger partial charge in [0.2, 0.25) is 5.91 Å². The number of hydrogen-bond donors (Lipinski definition) is 2. The highest BCUT2D eigenvalue weighted by atomic mass is 16.5. The number of nitrogens with two attached hydrogens (primary N) is 1. The standard InChI is InChI=1S/C24H25N5O4/c1-15-18(4-3-5-19(15)21(25)30)20-14-28(2)24(32)22(27-20)26-17-8-6-16(7-9-17)23(31)29-10-12-33-13-11-29/h3-9,14H,10-13H2,1-2H3,(H2,25,30)(H,26,27). The number of nitrogens with zero attached hydrogens (tertiary/aromatic N) is 3. The van der Waals surface area contributed by atoms with Crippen LogP contribution in [0.4, 0.5) is 11.5 Å². The van der Waals surface area contributed by atoms with Crippen molar-refractivity contribution in [3.05, 3.63) is 75.7 Å². The summed E-state index contributed by atoms with van der Waals surface area (Å²) in [5.74, 6) is -0.443. The third kappa shape index (κ3) is 4.63. The van der Waals surface area contributed by atoms with Gasteiger partial charge in [-0.1, -0.05) is 12.1 Å². The number of rotatable bonds is 5. The topological polar surface area (TPSA) is 120 Å². The Bertz CT molecular complexity index is 1260. The first-order valence-electron chi connectivity index (χ1n) is 10.6. The molecule has 3 N–H and O–H groups in total. The van der Waals surface area contributed by atoms with Crippen LogP contribution in [0, 0.1) is 6.92 Å². The summed E-state index contributed by atoms with van der Waals surface area (Å²) in [6, 6.07) is 12.1. The largest absolute Gasteiger partial charge is 0.378 e. The number of morpholine rings is 1. The fourth-order valence-electron chi connectivity index (χ4n) is 3.78. The third-order valence-electron chi connectivity index (χ3n) is 5.64. The predicted octanol–water partition coefficient (Wildman–Crippen LogP) is 2.07. The van der Waals surface area contributed by atoms with E-state index in [-0.39, 0.29) is 17.3 Å². The van der Waals surface area contributed by atoms with Gasteiger partial charge in [-0.15, -0.1) is 0 Å².